The maximum Gasteiger partial charge on any atom is 0.348 e. The first-order chi connectivity index (χ1) is 11.7. The molecule has 0 aliphatic carbocycles. The van der Waals surface area contributed by atoms with Crippen LogP contribution in [0.4, 0.5) is 0 Å². The zero-order valence-corrected chi connectivity index (χ0v) is 15.1. The predicted molar refractivity (Wildman–Crippen MR) is 98.7 cm³/mol. The number of hydrogen-bond donors (Lipinski definition) is 0. The molecular weight excluding hydrogens is 344 g/mol. The third-order valence-electron chi connectivity index (χ3n) is 3.52. The van der Waals surface area contributed by atoms with E-state index in [-0.39, 0.29) is 12.2 Å². The number of nitrogens with zero attached hydrogens (tertiary/aromatic N) is 2. The quantitative estimate of drug-likeness (QED) is 0.345. The minimum Gasteiger partial charge on any atom is -0.462 e. The van der Waals surface area contributed by atoms with Gasteiger partial charge < -0.3 is 9.64 Å². The minimum atomic E-state index is -0.596. The molecule has 1 heterocycles. The molecule has 0 radical (unpaired) electrons. The topological polar surface area (TPSA) is 53.3 Å². The first-order valence-corrected chi connectivity index (χ1v) is 9.26. The van der Waals surface area contributed by atoms with E-state index in [1.54, 1.807) is 6.92 Å². The lowest BCUT2D eigenvalue weighted by molar-refractivity contribution is -0.138. The van der Waals surface area contributed by atoms with Crippen molar-refractivity contribution in [3.8, 4) is 6.07 Å². The van der Waals surface area contributed by atoms with E-state index in [9.17, 15) is 10.1 Å². The Kier molecular flexibility index (Phi) is 7.23. The van der Waals surface area contributed by atoms with Crippen LogP contribution in [0.2, 0.25) is 5.02 Å². The van der Waals surface area contributed by atoms with Crippen molar-refractivity contribution >= 4 is 35.0 Å². The second-order valence-corrected chi connectivity index (χ2v) is 6.73. The summed E-state index contributed by atoms with van der Waals surface area (Å²) >= 11 is 7.90. The number of carbonyl (C=O) groups excluding carboxylic acids is 1. The molecule has 6 heteroatoms. The van der Waals surface area contributed by atoms with Crippen LogP contribution in [0.25, 0.3) is 5.70 Å². The molecule has 2 rings (SSSR count). The molecule has 4 nitrogen and oxygen atoms in total. The van der Waals surface area contributed by atoms with Gasteiger partial charge in [0.2, 0.25) is 0 Å². The maximum absolute atomic E-state index is 11.8. The molecule has 24 heavy (non-hydrogen) atoms. The minimum absolute atomic E-state index is 0.00491. The first kappa shape index (κ1) is 18.4. The molecule has 1 aliphatic rings. The van der Waals surface area contributed by atoms with Crippen molar-refractivity contribution in [1.82, 2.24) is 4.90 Å². The zero-order valence-electron chi connectivity index (χ0n) is 13.5. The Morgan fingerprint density at radius 2 is 2.00 bits per heavy atom. The molecule has 0 atom stereocenters. The summed E-state index contributed by atoms with van der Waals surface area (Å²) in [4.78, 5) is 14.0. The van der Waals surface area contributed by atoms with Crippen LogP contribution in [0, 0.1) is 11.3 Å². The van der Waals surface area contributed by atoms with Crippen molar-refractivity contribution in [2.75, 3.05) is 31.2 Å². The Hall–Kier alpha value is -1.90. The third-order valence-corrected chi connectivity index (χ3v) is 4.71. The monoisotopic (exact) mass is 362 g/mol. The number of carbonyl (C=O) groups is 1. The summed E-state index contributed by atoms with van der Waals surface area (Å²) in [5.74, 6) is 1.51. The van der Waals surface area contributed by atoms with Crippen LogP contribution in [0.3, 0.4) is 0 Å². The fraction of sp³-hybridized carbons (Fsp3) is 0.333. The molecule has 0 amide bonds. The first-order valence-electron chi connectivity index (χ1n) is 7.73. The van der Waals surface area contributed by atoms with E-state index in [4.69, 9.17) is 16.3 Å². The van der Waals surface area contributed by atoms with Crippen LogP contribution >= 0.6 is 23.4 Å². The van der Waals surface area contributed by atoms with Crippen molar-refractivity contribution in [2.45, 2.75) is 6.92 Å². The maximum atomic E-state index is 11.8. The Morgan fingerprint density at radius 3 is 2.58 bits per heavy atom. The van der Waals surface area contributed by atoms with Gasteiger partial charge in [0.15, 0.2) is 0 Å². The number of rotatable bonds is 5. The molecule has 0 saturated carbocycles. The molecule has 0 N–H and O–H groups in total. The van der Waals surface area contributed by atoms with Crippen LogP contribution in [0.15, 0.2) is 42.0 Å². The lowest BCUT2D eigenvalue weighted by atomic mass is 10.1. The van der Waals surface area contributed by atoms with Crippen LogP contribution in [0.5, 0.6) is 0 Å². The van der Waals surface area contributed by atoms with Crippen molar-refractivity contribution in [3.63, 3.8) is 0 Å². The van der Waals surface area contributed by atoms with Gasteiger partial charge in [-0.1, -0.05) is 23.7 Å². The highest BCUT2D eigenvalue weighted by molar-refractivity contribution is 7.99. The smallest absolute Gasteiger partial charge is 0.348 e. The van der Waals surface area contributed by atoms with E-state index >= 15 is 0 Å². The summed E-state index contributed by atoms with van der Waals surface area (Å²) < 4.78 is 4.90. The second kappa shape index (κ2) is 9.41. The number of nitriles is 1. The fourth-order valence-corrected chi connectivity index (χ4v) is 3.36. The van der Waals surface area contributed by atoms with Gasteiger partial charge in [0.25, 0.3) is 0 Å². The van der Waals surface area contributed by atoms with Gasteiger partial charge in [0.1, 0.15) is 11.6 Å². The van der Waals surface area contributed by atoms with Crippen LogP contribution < -0.4 is 0 Å². The van der Waals surface area contributed by atoms with Gasteiger partial charge in [0.05, 0.1) is 6.61 Å². The van der Waals surface area contributed by atoms with Gasteiger partial charge >= 0.3 is 5.97 Å². The number of ether oxygens (including phenoxy) is 1. The third kappa shape index (κ3) is 5.05. The summed E-state index contributed by atoms with van der Waals surface area (Å²) in [6.45, 7) is 3.81. The zero-order chi connectivity index (χ0) is 17.4. The van der Waals surface area contributed by atoms with E-state index in [0.29, 0.717) is 5.02 Å². The van der Waals surface area contributed by atoms with Crippen molar-refractivity contribution in [3.05, 3.63) is 52.6 Å². The molecule has 1 aromatic rings. The molecule has 1 aromatic carbocycles. The predicted octanol–water partition coefficient (Wildman–Crippen LogP) is 3.74. The number of hydrogen-bond acceptors (Lipinski definition) is 5. The van der Waals surface area contributed by atoms with E-state index in [1.165, 1.54) is 6.08 Å². The summed E-state index contributed by atoms with van der Waals surface area (Å²) in [7, 11) is 0. The molecule has 0 unspecified atom stereocenters. The van der Waals surface area contributed by atoms with Gasteiger partial charge in [-0.05, 0) is 36.8 Å². The number of thioether (sulfide) groups is 1. The Balaban J connectivity index is 2.35. The fourth-order valence-electron chi connectivity index (χ4n) is 2.33. The van der Waals surface area contributed by atoms with Gasteiger partial charge in [-0.25, -0.2) is 4.79 Å². The SMILES string of the molecule is CCOC(=O)C(C#N)=CC=C(c1ccc(Cl)cc1)N1CCSCC1. The van der Waals surface area contributed by atoms with Crippen molar-refractivity contribution in [1.29, 1.82) is 5.26 Å². The van der Waals surface area contributed by atoms with Crippen LogP contribution in [-0.4, -0.2) is 42.1 Å². The normalized spacial score (nSPS) is 15.8. The van der Waals surface area contributed by atoms with Gasteiger partial charge in [-0.15, -0.1) is 0 Å². The lowest BCUT2D eigenvalue weighted by Gasteiger charge is -2.31. The molecule has 0 spiro atoms. The highest BCUT2D eigenvalue weighted by Crippen LogP contribution is 2.25. The van der Waals surface area contributed by atoms with E-state index < -0.39 is 5.97 Å². The van der Waals surface area contributed by atoms with E-state index in [1.807, 2.05) is 48.2 Å². The number of allylic oxidation sites excluding steroid dienone is 2. The molecule has 126 valence electrons. The van der Waals surface area contributed by atoms with Gasteiger partial charge in [-0.2, -0.15) is 17.0 Å². The summed E-state index contributed by atoms with van der Waals surface area (Å²) in [5.41, 5.74) is 1.97. The highest BCUT2D eigenvalue weighted by Gasteiger charge is 2.16. The van der Waals surface area contributed by atoms with Gasteiger partial charge in [-0.3, -0.25) is 0 Å². The lowest BCUT2D eigenvalue weighted by Crippen LogP contribution is -2.31. The molecule has 1 aliphatic heterocycles. The van der Waals surface area contributed by atoms with E-state index in [0.717, 1.165) is 35.9 Å². The number of esters is 1. The molecule has 0 aromatic heterocycles. The van der Waals surface area contributed by atoms with E-state index in [2.05, 4.69) is 4.90 Å². The Bertz CT molecular complexity index is 671. The standard InChI is InChI=1S/C18H19ClN2O2S/c1-2-23-18(22)15(13-20)5-8-17(21-9-11-24-12-10-21)14-3-6-16(19)7-4-14/h3-8H,2,9-12H2,1H3. The van der Waals surface area contributed by atoms with Gasteiger partial charge in [0, 0.05) is 35.3 Å². The second-order valence-electron chi connectivity index (χ2n) is 5.07. The molecular formula is C18H19ClN2O2S. The number of benzene rings is 1. The molecule has 1 saturated heterocycles. The average Bonchev–Trinajstić information content (AvgIpc) is 2.61. The van der Waals surface area contributed by atoms with Crippen molar-refractivity contribution < 1.29 is 9.53 Å². The Morgan fingerprint density at radius 1 is 1.33 bits per heavy atom. The molecule has 1 fully saturated rings. The highest BCUT2D eigenvalue weighted by atomic mass is 35.5. The summed E-state index contributed by atoms with van der Waals surface area (Å²) in [6, 6.07) is 9.47. The largest absolute Gasteiger partial charge is 0.462 e. The average molecular weight is 363 g/mol. The summed E-state index contributed by atoms with van der Waals surface area (Å²) in [6.07, 6.45) is 3.35. The van der Waals surface area contributed by atoms with Crippen molar-refractivity contribution in [2.24, 2.45) is 0 Å². The number of halogens is 1. The Labute approximate surface area is 151 Å². The summed E-state index contributed by atoms with van der Waals surface area (Å²) in [5, 5.41) is 9.84. The molecule has 0 bridgehead atoms. The van der Waals surface area contributed by atoms with Crippen LogP contribution in [-0.2, 0) is 9.53 Å². The van der Waals surface area contributed by atoms with Crippen LogP contribution in [0.1, 0.15) is 12.5 Å².